The molecule has 15 amide bonds. The summed E-state index contributed by atoms with van der Waals surface area (Å²) in [7, 11) is 0. The Balaban J connectivity index is 1.35. The quantitative estimate of drug-likeness (QED) is 0.0108. The van der Waals surface area contributed by atoms with Gasteiger partial charge in [0.15, 0.2) is 5.96 Å². The molecule has 47 heteroatoms. The molecular weight excluding hydrogens is 1670 g/mol. The number of H-pyrrole nitrogens is 1. The molecule has 1 aromatic heterocycles. The number of carbonyl (C=O) groups excluding carboxylic acids is 15. The van der Waals surface area contributed by atoms with E-state index in [1.54, 1.807) is 60.8 Å². The minimum atomic E-state index is -1.88. The number of nitrogens with two attached hydrogens (primary N) is 6. The van der Waals surface area contributed by atoms with E-state index in [4.69, 9.17) is 34.4 Å². The Hall–Kier alpha value is -11.3. The Bertz CT molecular complexity index is 4180. The zero-order valence-corrected chi connectivity index (χ0v) is 70.4. The largest absolute Gasteiger partial charge is 0.481 e. The highest BCUT2D eigenvalue weighted by atomic mass is 32.1. The predicted octanol–water partition coefficient (Wildman–Crippen LogP) is -9.18. The Labute approximate surface area is 724 Å². The number of para-hydroxylation sites is 1. The molecule has 0 spiro atoms. The summed E-state index contributed by atoms with van der Waals surface area (Å²) in [5.74, 6) is -19.1. The molecule has 5 rings (SSSR count). The van der Waals surface area contributed by atoms with Gasteiger partial charge in [-0.05, 0) is 127 Å². The molecular formula is C77H118N22O23S2. The maximum atomic E-state index is 15.2. The van der Waals surface area contributed by atoms with Crippen molar-refractivity contribution in [2.75, 3.05) is 64.1 Å². The number of hydrogen-bond donors (Lipinski definition) is 27. The molecule has 2 saturated heterocycles. The summed E-state index contributed by atoms with van der Waals surface area (Å²) < 4.78 is 0. The van der Waals surface area contributed by atoms with Crippen LogP contribution in [0.5, 0.6) is 0 Å². The third-order valence-corrected chi connectivity index (χ3v) is 21.2. The van der Waals surface area contributed by atoms with Gasteiger partial charge in [-0.2, -0.15) is 25.3 Å². The fraction of sp³-hybridized carbons (Fsp3) is 0.584. The molecule has 0 unspecified atom stereocenters. The summed E-state index contributed by atoms with van der Waals surface area (Å²) in [4.78, 5) is 244. The number of aromatic amines is 1. The van der Waals surface area contributed by atoms with Gasteiger partial charge in [-0.25, -0.2) is 4.79 Å². The SMILES string of the molecule is C[C@@H](O)[C@H](N)C(=O)N[C@@H](CO)C(=O)N[C@@H](CCC(=O)O)C(=O)N[C@@H](CCCCN)C(=O)N1CCC[C@H]1C(=O)N[C@@H](Cc1ccccc1)C(=O)N[C@@H](CO)C(=O)N[C@@H](CS)C(=O)N[C@@H](CCCN=C(N)N)C(=O)N[C@@H](Cc1c[nH]c2ccccc12)C(=O)N1CCC[C@H]1C(=O)N[C@@H](CO)C(=O)N[C@@H](CS)C(=O)N[C@@H](CCC(N)=O)C(=O)N[C@@H](CCCCN)C(=O)O. The van der Waals surface area contributed by atoms with Crippen molar-refractivity contribution in [2.24, 2.45) is 39.4 Å². The molecule has 3 heterocycles. The Morgan fingerprint density at radius 1 is 0.468 bits per heavy atom. The number of aliphatic hydroxyl groups excluding tert-OH is 4. The van der Waals surface area contributed by atoms with Crippen molar-refractivity contribution in [2.45, 2.75) is 219 Å². The van der Waals surface area contributed by atoms with Crippen molar-refractivity contribution in [1.82, 2.24) is 78.6 Å². The molecule has 45 nitrogen and oxygen atoms in total. The Morgan fingerprint density at radius 3 is 1.34 bits per heavy atom. The van der Waals surface area contributed by atoms with Crippen molar-refractivity contribution in [3.05, 3.63) is 71.9 Å². The summed E-state index contributed by atoms with van der Waals surface area (Å²) >= 11 is 8.50. The van der Waals surface area contributed by atoms with E-state index < -0.39 is 254 Å². The molecule has 16 atom stereocenters. The maximum absolute atomic E-state index is 15.2. The van der Waals surface area contributed by atoms with E-state index in [1.807, 2.05) is 0 Å². The van der Waals surface area contributed by atoms with Crippen molar-refractivity contribution in [3.8, 4) is 0 Å². The third kappa shape index (κ3) is 32.7. The molecule has 31 N–H and O–H groups in total. The topological polar surface area (TPSA) is 747 Å². The molecule has 686 valence electrons. The average molecular weight is 1780 g/mol. The van der Waals surface area contributed by atoms with E-state index in [-0.39, 0.29) is 109 Å². The van der Waals surface area contributed by atoms with Crippen LogP contribution in [0, 0.1) is 0 Å². The number of amides is 15. The third-order valence-electron chi connectivity index (χ3n) is 20.5. The summed E-state index contributed by atoms with van der Waals surface area (Å²) in [6, 6.07) is -8.58. The van der Waals surface area contributed by atoms with Gasteiger partial charge in [-0.15, -0.1) is 0 Å². The minimum Gasteiger partial charge on any atom is -0.481 e. The van der Waals surface area contributed by atoms with E-state index in [0.29, 0.717) is 41.3 Å². The predicted molar refractivity (Wildman–Crippen MR) is 452 cm³/mol. The van der Waals surface area contributed by atoms with E-state index in [1.165, 1.54) is 6.92 Å². The van der Waals surface area contributed by atoms with Gasteiger partial charge in [-0.3, -0.25) is 81.7 Å². The smallest absolute Gasteiger partial charge is 0.326 e. The molecule has 2 fully saturated rings. The number of carboxylic acid groups (broad SMARTS) is 2. The standard InChI is InChI=1S/C77H118N22O23S2/c1-40(103)61(81)73(118)95-54(37-102)66(111)87-47(24-26-60(105)106)63(108)89-48(18-7-9-27-78)74(119)98-30-12-21-57(98)71(116)91-50(32-41-14-3-2-4-15-41)65(110)93-52(35-100)67(112)96-55(38-123)69(114)86-45(20-11-29-84-77(82)83)62(107)92-51(33-42-34-85-44-17-6-5-16-43(42)44)75(120)99-31-13-22-58(99)72(117)94-53(36-101)68(113)97-56(39-124)70(115)88-46(23-25-59(80)104)64(109)90-49(76(121)122)19-8-10-28-79/h2-6,14-17,34,40,45-58,61,85,100-103,123-124H,7-13,18-33,35-39,78-79,81H2,1H3,(H2,80,104)(H,86,114)(H,87,111)(H,88,115)(H,89,108)(H,90,109)(H,91,116)(H,92,107)(H,93,110)(H,94,117)(H,95,118)(H,96,112)(H,97,113)(H,105,106)(H,121,122)(H4,82,83,84)/t40-,45+,46+,47+,48+,49+,50+,51+,52+,53+,54+,55+,56+,57+,58+,61+/m1/s1. The fourth-order valence-corrected chi connectivity index (χ4v) is 14.1. The maximum Gasteiger partial charge on any atom is 0.326 e. The first-order valence-electron chi connectivity index (χ1n) is 40.6. The first-order chi connectivity index (χ1) is 59.0. The first kappa shape index (κ1) is 103. The van der Waals surface area contributed by atoms with Crippen molar-refractivity contribution < 1.29 is 112 Å². The van der Waals surface area contributed by atoms with Gasteiger partial charge >= 0.3 is 11.9 Å². The lowest BCUT2D eigenvalue weighted by Crippen LogP contribution is -2.62. The second kappa shape index (κ2) is 53.0. The second-order valence-corrected chi connectivity index (χ2v) is 30.6. The van der Waals surface area contributed by atoms with Gasteiger partial charge in [0.25, 0.3) is 0 Å². The monoisotopic (exact) mass is 1780 g/mol. The van der Waals surface area contributed by atoms with E-state index in [9.17, 15) is 107 Å². The number of carboxylic acids is 2. The van der Waals surface area contributed by atoms with Crippen LogP contribution in [0.1, 0.15) is 121 Å². The number of carbonyl (C=O) groups is 17. The fourth-order valence-electron chi connectivity index (χ4n) is 13.6. The van der Waals surface area contributed by atoms with Crippen LogP contribution >= 0.6 is 25.3 Å². The van der Waals surface area contributed by atoms with Crippen molar-refractivity contribution in [1.29, 1.82) is 0 Å². The van der Waals surface area contributed by atoms with Crippen LogP contribution in [0.4, 0.5) is 0 Å². The molecule has 124 heavy (non-hydrogen) atoms. The molecule has 2 aliphatic heterocycles. The summed E-state index contributed by atoms with van der Waals surface area (Å²) in [6.45, 7) is -1.87. The van der Waals surface area contributed by atoms with Crippen LogP contribution in [-0.4, -0.2) is 313 Å². The van der Waals surface area contributed by atoms with E-state index >= 15 is 4.79 Å². The van der Waals surface area contributed by atoms with Gasteiger partial charge in [0.1, 0.15) is 90.6 Å². The average Bonchev–Trinajstić information content (AvgIpc) is 1.66. The van der Waals surface area contributed by atoms with Crippen LogP contribution in [-0.2, 0) is 94.3 Å². The van der Waals surface area contributed by atoms with Crippen molar-refractivity contribution in [3.63, 3.8) is 0 Å². The molecule has 2 aliphatic rings. The Kier molecular flexibility index (Phi) is 44.1. The number of primary amides is 1. The molecule has 2 aromatic carbocycles. The van der Waals surface area contributed by atoms with Crippen molar-refractivity contribution >= 4 is 143 Å². The van der Waals surface area contributed by atoms with E-state index in [0.717, 1.165) is 9.80 Å². The number of nitrogens with zero attached hydrogens (tertiary/aromatic N) is 3. The zero-order valence-electron chi connectivity index (χ0n) is 68.6. The number of nitrogens with one attached hydrogen (secondary N) is 13. The molecule has 0 aliphatic carbocycles. The summed E-state index contributed by atoms with van der Waals surface area (Å²) in [5, 5.41) is 90.3. The number of aliphatic imine (C=N–C) groups is 1. The van der Waals surface area contributed by atoms with Crippen LogP contribution < -0.4 is 98.2 Å². The number of benzene rings is 2. The summed E-state index contributed by atoms with van der Waals surface area (Å²) in [5.41, 5.74) is 35.2. The van der Waals surface area contributed by atoms with Gasteiger partial charge in [-0.1, -0.05) is 48.5 Å². The normalized spacial score (nSPS) is 17.0. The number of thiol groups is 2. The number of likely N-dealkylation sites (tertiary alicyclic amines) is 2. The van der Waals surface area contributed by atoms with Crippen LogP contribution in [0.2, 0.25) is 0 Å². The highest BCUT2D eigenvalue weighted by molar-refractivity contribution is 7.80. The second-order valence-electron chi connectivity index (χ2n) is 29.8. The van der Waals surface area contributed by atoms with Gasteiger partial charge in [0.05, 0.1) is 25.9 Å². The minimum absolute atomic E-state index is 0.00581. The van der Waals surface area contributed by atoms with Gasteiger partial charge in [0.2, 0.25) is 88.6 Å². The molecule has 3 aromatic rings. The van der Waals surface area contributed by atoms with Crippen LogP contribution in [0.15, 0.2) is 65.8 Å². The first-order valence-corrected chi connectivity index (χ1v) is 41.8. The van der Waals surface area contributed by atoms with Crippen LogP contribution in [0.25, 0.3) is 10.9 Å². The van der Waals surface area contributed by atoms with E-state index in [2.05, 4.69) is 99.0 Å². The number of guanidine groups is 1. The lowest BCUT2D eigenvalue weighted by molar-refractivity contribution is -0.143. The highest BCUT2D eigenvalue weighted by Crippen LogP contribution is 2.25. The molecule has 0 bridgehead atoms. The van der Waals surface area contributed by atoms with Crippen LogP contribution in [0.3, 0.4) is 0 Å². The number of rotatable bonds is 55. The number of unbranched alkanes of at least 4 members (excludes halogenated alkanes) is 2. The van der Waals surface area contributed by atoms with Gasteiger partial charge in [0, 0.05) is 73.9 Å². The Morgan fingerprint density at radius 2 is 0.863 bits per heavy atom. The highest BCUT2D eigenvalue weighted by Gasteiger charge is 2.44. The number of hydrogen-bond acceptors (Lipinski definition) is 27. The summed E-state index contributed by atoms with van der Waals surface area (Å²) in [6.07, 6.45) is -0.995. The number of aliphatic carboxylic acids is 2. The lowest BCUT2D eigenvalue weighted by Gasteiger charge is -2.31. The van der Waals surface area contributed by atoms with Gasteiger partial charge < -0.3 is 144 Å². The lowest BCUT2D eigenvalue weighted by atomic mass is 10.0. The number of aliphatic hydroxyl groups is 4. The number of fused-ring (bicyclic) bond motifs is 1. The molecule has 0 saturated carbocycles. The zero-order chi connectivity index (χ0) is 91.9. The molecule has 0 radical (unpaired) electrons. The number of aromatic nitrogens is 1.